The van der Waals surface area contributed by atoms with Gasteiger partial charge in [0.1, 0.15) is 22.7 Å². The van der Waals surface area contributed by atoms with E-state index in [9.17, 15) is 4.79 Å². The van der Waals surface area contributed by atoms with Gasteiger partial charge in [0, 0.05) is 11.0 Å². The van der Waals surface area contributed by atoms with E-state index in [0.29, 0.717) is 22.6 Å². The van der Waals surface area contributed by atoms with Crippen molar-refractivity contribution >= 4 is 17.0 Å². The zero-order chi connectivity index (χ0) is 23.1. The highest BCUT2D eigenvalue weighted by molar-refractivity contribution is 5.98. The fourth-order valence-corrected chi connectivity index (χ4v) is 4.43. The lowest BCUT2D eigenvalue weighted by Crippen LogP contribution is -2.54. The number of fused-ring (bicyclic) bond motifs is 6. The van der Waals surface area contributed by atoms with E-state index < -0.39 is 11.2 Å². The number of benzene rings is 1. The number of hydroxylamine groups is 1. The van der Waals surface area contributed by atoms with Crippen LogP contribution < -0.4 is 20.6 Å². The molecule has 1 atom stereocenters. The maximum absolute atomic E-state index is 12.7. The summed E-state index contributed by atoms with van der Waals surface area (Å²) in [7, 11) is 1.60. The van der Waals surface area contributed by atoms with Gasteiger partial charge in [-0.1, -0.05) is 13.8 Å². The summed E-state index contributed by atoms with van der Waals surface area (Å²) >= 11 is 0. The van der Waals surface area contributed by atoms with E-state index in [4.69, 9.17) is 18.7 Å². The number of rotatable bonds is 2. The predicted molar refractivity (Wildman–Crippen MR) is 122 cm³/mol. The molecule has 31 heavy (non-hydrogen) atoms. The van der Waals surface area contributed by atoms with Gasteiger partial charge in [-0.05, 0) is 65.7 Å². The minimum atomic E-state index is -0.535. The molecule has 0 spiro atoms. The predicted octanol–water partition coefficient (Wildman–Crippen LogP) is 5.37. The van der Waals surface area contributed by atoms with Gasteiger partial charge in [-0.25, -0.2) is 4.79 Å². The molecule has 1 unspecified atom stereocenters. The summed E-state index contributed by atoms with van der Waals surface area (Å²) in [6.45, 7) is 18.3. The lowest BCUT2D eigenvalue weighted by atomic mass is 9.66. The second-order valence-corrected chi connectivity index (χ2v) is 10.4. The lowest BCUT2D eigenvalue weighted by Gasteiger charge is -2.51. The largest absolute Gasteiger partial charge is 0.486 e. The van der Waals surface area contributed by atoms with Crippen molar-refractivity contribution in [3.8, 4) is 11.5 Å². The normalized spacial score (nSPS) is 22.8. The van der Waals surface area contributed by atoms with Crippen LogP contribution in [0.4, 0.5) is 0 Å². The third kappa shape index (κ3) is 2.88. The molecular formula is C25H33NO5. The van der Waals surface area contributed by atoms with Crippen LogP contribution in [0.5, 0.6) is 11.5 Å². The number of hydrogen-bond donors (Lipinski definition) is 1. The van der Waals surface area contributed by atoms with Crippen molar-refractivity contribution in [3.63, 3.8) is 0 Å². The Bertz CT molecular complexity index is 1180. The van der Waals surface area contributed by atoms with E-state index in [1.54, 1.807) is 14.0 Å². The van der Waals surface area contributed by atoms with Crippen LogP contribution in [-0.2, 0) is 4.84 Å². The van der Waals surface area contributed by atoms with E-state index in [1.165, 1.54) is 0 Å². The first-order chi connectivity index (χ1) is 14.2. The van der Waals surface area contributed by atoms with Gasteiger partial charge in [0.25, 0.3) is 0 Å². The molecule has 4 rings (SSSR count). The van der Waals surface area contributed by atoms with Crippen LogP contribution in [-0.4, -0.2) is 18.3 Å². The lowest BCUT2D eigenvalue weighted by molar-refractivity contribution is -0.0928. The van der Waals surface area contributed by atoms with Crippen molar-refractivity contribution in [2.75, 3.05) is 7.11 Å². The average molecular weight is 428 g/mol. The number of hydrogen-bond acceptors (Lipinski definition) is 6. The Morgan fingerprint density at radius 2 is 1.61 bits per heavy atom. The highest BCUT2D eigenvalue weighted by atomic mass is 16.6. The molecule has 168 valence electrons. The summed E-state index contributed by atoms with van der Waals surface area (Å²) in [5, 5.41) is 0.810. The van der Waals surface area contributed by atoms with Crippen LogP contribution in [0.2, 0.25) is 0 Å². The molecule has 0 bridgehead atoms. The first-order valence-electron chi connectivity index (χ1n) is 10.7. The fraction of sp³-hybridized carbons (Fsp3) is 0.560. The number of nitrogens with one attached hydrogen (secondary N) is 1. The average Bonchev–Trinajstić information content (AvgIpc) is 2.65. The zero-order valence-corrected chi connectivity index (χ0v) is 20.2. The smallest absolute Gasteiger partial charge is 0.339 e. The molecule has 0 aliphatic carbocycles. The SMILES string of the molecule is CONC1c2c(c3c(c4c(C)c(C)c(=O)oc24)OC(C)(C)C(C)=C3)OC(C)(C)C1(C)C. The second kappa shape index (κ2) is 6.59. The van der Waals surface area contributed by atoms with Crippen molar-refractivity contribution in [2.45, 2.75) is 79.6 Å². The Hall–Kier alpha value is -2.31. The summed E-state index contributed by atoms with van der Waals surface area (Å²) < 4.78 is 19.1. The molecule has 0 saturated heterocycles. The van der Waals surface area contributed by atoms with Crippen LogP contribution >= 0.6 is 0 Å². The van der Waals surface area contributed by atoms with E-state index in [0.717, 1.165) is 27.6 Å². The van der Waals surface area contributed by atoms with Gasteiger partial charge in [-0.2, -0.15) is 5.48 Å². The summed E-state index contributed by atoms with van der Waals surface area (Å²) in [4.78, 5) is 18.2. The van der Waals surface area contributed by atoms with Gasteiger partial charge < -0.3 is 18.7 Å². The molecule has 1 N–H and O–H groups in total. The third-order valence-corrected chi connectivity index (χ3v) is 7.69. The highest BCUT2D eigenvalue weighted by Gasteiger charge is 2.53. The number of ether oxygens (including phenoxy) is 2. The van der Waals surface area contributed by atoms with Gasteiger partial charge >= 0.3 is 5.63 Å². The summed E-state index contributed by atoms with van der Waals surface area (Å²) in [6, 6.07) is -0.280. The Labute approximate surface area is 183 Å². The van der Waals surface area contributed by atoms with Crippen molar-refractivity contribution in [1.29, 1.82) is 0 Å². The first-order valence-corrected chi connectivity index (χ1v) is 10.7. The van der Waals surface area contributed by atoms with E-state index in [-0.39, 0.29) is 17.1 Å². The minimum Gasteiger partial charge on any atom is -0.486 e. The quantitative estimate of drug-likeness (QED) is 0.513. The van der Waals surface area contributed by atoms with E-state index >= 15 is 0 Å². The maximum Gasteiger partial charge on any atom is 0.339 e. The van der Waals surface area contributed by atoms with Gasteiger partial charge in [-0.15, -0.1) is 0 Å². The molecule has 6 nitrogen and oxygen atoms in total. The summed E-state index contributed by atoms with van der Waals surface area (Å²) in [5.74, 6) is 1.36. The van der Waals surface area contributed by atoms with Crippen LogP contribution in [0.15, 0.2) is 14.8 Å². The monoisotopic (exact) mass is 427 g/mol. The third-order valence-electron chi connectivity index (χ3n) is 7.69. The molecule has 1 aromatic carbocycles. The molecule has 2 aliphatic heterocycles. The first kappa shape index (κ1) is 21.9. The van der Waals surface area contributed by atoms with Crippen LogP contribution in [0, 0.1) is 19.3 Å². The van der Waals surface area contributed by atoms with Crippen molar-refractivity contribution in [3.05, 3.63) is 38.2 Å². The van der Waals surface area contributed by atoms with Crippen molar-refractivity contribution < 1.29 is 18.7 Å². The van der Waals surface area contributed by atoms with Crippen LogP contribution in [0.25, 0.3) is 17.0 Å². The van der Waals surface area contributed by atoms with Crippen LogP contribution in [0.3, 0.4) is 0 Å². The molecule has 3 heterocycles. The zero-order valence-electron chi connectivity index (χ0n) is 20.2. The Morgan fingerprint density at radius 1 is 0.968 bits per heavy atom. The van der Waals surface area contributed by atoms with E-state index in [2.05, 4.69) is 46.2 Å². The van der Waals surface area contributed by atoms with Crippen molar-refractivity contribution in [2.24, 2.45) is 5.41 Å². The molecule has 0 saturated carbocycles. The molecule has 0 fully saturated rings. The second-order valence-electron chi connectivity index (χ2n) is 10.4. The van der Waals surface area contributed by atoms with Gasteiger partial charge in [-0.3, -0.25) is 0 Å². The topological polar surface area (TPSA) is 69.9 Å². The van der Waals surface area contributed by atoms with Gasteiger partial charge in [0.05, 0.1) is 29.7 Å². The fourth-order valence-electron chi connectivity index (χ4n) is 4.43. The van der Waals surface area contributed by atoms with Crippen molar-refractivity contribution in [1.82, 2.24) is 5.48 Å². The summed E-state index contributed by atoms with van der Waals surface area (Å²) in [6.07, 6.45) is 2.13. The molecular weight excluding hydrogens is 394 g/mol. The maximum atomic E-state index is 12.7. The molecule has 2 aromatic rings. The standard InChI is InChI=1S/C25H33NO5/c1-12-11-15-18(30-24(12,6)7)16-13(2)14(3)22(27)29-20(16)17-19(15)31-25(8,9)23(4,5)21(17)26-28-10/h11,21,26H,1-10H3. The highest BCUT2D eigenvalue weighted by Crippen LogP contribution is 2.58. The molecule has 6 heteroatoms. The molecule has 0 radical (unpaired) electrons. The van der Waals surface area contributed by atoms with Crippen LogP contribution in [0.1, 0.15) is 76.8 Å². The van der Waals surface area contributed by atoms with E-state index in [1.807, 2.05) is 20.8 Å². The Kier molecular flexibility index (Phi) is 4.66. The Balaban J connectivity index is 2.25. The Morgan fingerprint density at radius 3 is 2.23 bits per heavy atom. The van der Waals surface area contributed by atoms with Gasteiger partial charge in [0.15, 0.2) is 5.58 Å². The minimum absolute atomic E-state index is 0.280. The molecule has 2 aliphatic rings. The molecule has 1 aromatic heterocycles. The molecule has 0 amide bonds. The number of aryl methyl sites for hydroxylation is 1. The van der Waals surface area contributed by atoms with Gasteiger partial charge in [0.2, 0.25) is 0 Å². The summed E-state index contributed by atoms with van der Waals surface area (Å²) in [5.41, 5.74) is 6.08.